The van der Waals surface area contributed by atoms with Crippen molar-refractivity contribution in [3.63, 3.8) is 0 Å². The second kappa shape index (κ2) is 92.6. The molecule has 0 saturated carbocycles. The monoisotopic (exact) mass is 1710 g/mol. The molecule has 0 aliphatic carbocycles. The zero-order valence-corrected chi connectivity index (χ0v) is 77.5. The first-order chi connectivity index (χ1) is 58.2. The molecule has 5 atom stereocenters. The Morgan fingerprint density at radius 2 is 0.420 bits per heavy atom. The number of unbranched alkanes of at least 4 members (excludes halogenated alkanes) is 44. The maximum atomic E-state index is 13.1. The van der Waals surface area contributed by atoms with Gasteiger partial charge in [-0.3, -0.25) is 32.5 Å². The molecule has 0 saturated heterocycles. The van der Waals surface area contributed by atoms with Crippen molar-refractivity contribution in [3.05, 3.63) is 146 Å². The van der Waals surface area contributed by atoms with Crippen LogP contribution < -0.4 is 0 Å². The Kier molecular flexibility index (Phi) is 89.1. The van der Waals surface area contributed by atoms with E-state index in [1.807, 2.05) is 0 Å². The number of carbonyl (C=O) groups is 3. The Morgan fingerprint density at radius 1 is 0.235 bits per heavy atom. The maximum absolute atomic E-state index is 13.1. The number of aliphatic hydroxyl groups is 2. The minimum Gasteiger partial charge on any atom is -0.463 e. The van der Waals surface area contributed by atoms with Gasteiger partial charge >= 0.3 is 33.6 Å². The Morgan fingerprint density at radius 3 is 0.664 bits per heavy atom. The largest absolute Gasteiger partial charge is 0.472 e. The Bertz CT molecular complexity index is 2740. The minimum atomic E-state index is -4.95. The van der Waals surface area contributed by atoms with Gasteiger partial charge in [0.2, 0.25) is 0 Å². The average molecular weight is 1710 g/mol. The number of carbonyl (C=O) groups excluding carboxylic acids is 3. The van der Waals surface area contributed by atoms with E-state index in [2.05, 4.69) is 167 Å². The van der Waals surface area contributed by atoms with E-state index in [0.29, 0.717) is 19.3 Å². The molecule has 5 unspecified atom stereocenters. The summed E-state index contributed by atoms with van der Waals surface area (Å²) in [5.74, 6) is -1.58. The Hall–Kier alpha value is -4.57. The topological polar surface area (TPSA) is 231 Å². The summed E-state index contributed by atoms with van der Waals surface area (Å²) >= 11 is 0. The van der Waals surface area contributed by atoms with E-state index in [1.54, 1.807) is 0 Å². The number of esters is 3. The summed E-state index contributed by atoms with van der Waals surface area (Å²) in [6.07, 6.45) is 117. The first-order valence-corrected chi connectivity index (χ1v) is 51.1. The highest BCUT2D eigenvalue weighted by Crippen LogP contribution is 2.45. The van der Waals surface area contributed by atoms with Crippen molar-refractivity contribution in [1.29, 1.82) is 0 Å². The standard InChI is InChI=1S/C101H176O16P2/c1-4-7-10-13-16-19-22-25-28-31-34-37-40-42-44-45-46-47-48-49-51-53-55-57-60-63-66-69-72-75-78-81-84-87-99(104)111-90-96(102)91-113-118(107,108)114-92-97(103)93-115-119(109,110)116-95-98(117-101(106)89-86-83-80-77-74-71-68-65-62-59-54-39-36-33-30-27-24-21-18-15-12-9-6-3)94-112-100(105)88-85-82-79-76-73-70-67-64-61-58-56-52-50-43-41-38-35-32-29-26-23-20-17-14-11-8-5-2/h16-21,25-30,34-39,42-44,50,59,62,96-98,102-103H,4-15,22-24,31-33,40-41,45-49,51-58,60-61,63-95H2,1-3H3,(H,107,108)(H,109,110)/b19-16-,20-17-,21-18-,28-25-,29-26-,30-27-,37-34-,38-35-,39-36-,44-42-,50-43-,62-59-. The van der Waals surface area contributed by atoms with Gasteiger partial charge in [0, 0.05) is 19.3 Å². The molecular weight excluding hydrogens is 1530 g/mol. The van der Waals surface area contributed by atoms with Gasteiger partial charge in [0.25, 0.3) is 0 Å². The van der Waals surface area contributed by atoms with Crippen LogP contribution in [0.3, 0.4) is 0 Å². The lowest BCUT2D eigenvalue weighted by atomic mass is 10.0. The summed E-state index contributed by atoms with van der Waals surface area (Å²) < 4.78 is 61.6. The molecule has 0 bridgehead atoms. The maximum Gasteiger partial charge on any atom is 0.472 e. The van der Waals surface area contributed by atoms with Crippen LogP contribution in [0.25, 0.3) is 0 Å². The molecule has 0 aromatic heterocycles. The Balaban J connectivity index is 4.58. The summed E-state index contributed by atoms with van der Waals surface area (Å²) in [7, 11) is -9.82. The van der Waals surface area contributed by atoms with Gasteiger partial charge in [0.1, 0.15) is 25.4 Å². The number of allylic oxidation sites excluding steroid dienone is 24. The van der Waals surface area contributed by atoms with Crippen LogP contribution in [0, 0.1) is 0 Å². The van der Waals surface area contributed by atoms with E-state index in [1.165, 1.54) is 205 Å². The lowest BCUT2D eigenvalue weighted by Gasteiger charge is -2.21. The molecule has 0 aromatic rings. The number of ether oxygens (including phenoxy) is 3. The third-order valence-corrected chi connectivity index (χ3v) is 22.4. The SMILES string of the molecule is CCCCC/C=C\C/C=C\C/C=C\C/C=C\CCCCCCCCCCCCCCCCCCCC(=O)OCC(O)COP(=O)(O)OCC(O)COP(=O)(O)OCC(COC(=O)CCCCCCCCCCCCC/C=C\C/C=C\C/C=C\C/C=C\CCCCC)OC(=O)CCCCCCCCC/C=C\C/C=C\C/C=C\C/C=C\CCCCC. The lowest BCUT2D eigenvalue weighted by molar-refractivity contribution is -0.161. The van der Waals surface area contributed by atoms with Crippen molar-refractivity contribution in [2.24, 2.45) is 0 Å². The molecule has 0 heterocycles. The van der Waals surface area contributed by atoms with Crippen molar-refractivity contribution in [1.82, 2.24) is 0 Å². The zero-order valence-electron chi connectivity index (χ0n) is 75.8. The van der Waals surface area contributed by atoms with Gasteiger partial charge in [-0.2, -0.15) is 0 Å². The van der Waals surface area contributed by atoms with Gasteiger partial charge in [0.05, 0.1) is 26.4 Å². The molecule has 119 heavy (non-hydrogen) atoms. The van der Waals surface area contributed by atoms with E-state index in [0.717, 1.165) is 154 Å². The van der Waals surface area contributed by atoms with Gasteiger partial charge in [-0.1, -0.05) is 391 Å². The summed E-state index contributed by atoms with van der Waals surface area (Å²) in [4.78, 5) is 59.1. The molecule has 0 aromatic carbocycles. The summed E-state index contributed by atoms with van der Waals surface area (Å²) in [6.45, 7) is 2.65. The van der Waals surface area contributed by atoms with E-state index < -0.39 is 91.5 Å². The number of hydrogen-bond acceptors (Lipinski definition) is 14. The fraction of sp³-hybridized carbons (Fsp3) is 0.733. The predicted molar refractivity (Wildman–Crippen MR) is 500 cm³/mol. The number of phosphoric ester groups is 2. The average Bonchev–Trinajstić information content (AvgIpc) is 0.911. The third kappa shape index (κ3) is 94.0. The highest BCUT2D eigenvalue weighted by molar-refractivity contribution is 7.47. The molecule has 16 nitrogen and oxygen atoms in total. The number of aliphatic hydroxyl groups excluding tert-OH is 2. The quantitative estimate of drug-likeness (QED) is 0.0146. The van der Waals surface area contributed by atoms with Gasteiger partial charge in [-0.05, 0) is 154 Å². The predicted octanol–water partition coefficient (Wildman–Crippen LogP) is 29.9. The van der Waals surface area contributed by atoms with Crippen LogP contribution in [-0.2, 0) is 55.8 Å². The molecule has 4 N–H and O–H groups in total. The van der Waals surface area contributed by atoms with Crippen molar-refractivity contribution in [3.8, 4) is 0 Å². The molecule has 0 aliphatic heterocycles. The van der Waals surface area contributed by atoms with E-state index in [9.17, 15) is 43.5 Å². The zero-order chi connectivity index (χ0) is 86.5. The number of phosphoric acid groups is 2. The smallest absolute Gasteiger partial charge is 0.463 e. The summed E-state index contributed by atoms with van der Waals surface area (Å²) in [6, 6.07) is 0. The number of hydrogen-bond donors (Lipinski definition) is 4. The fourth-order valence-electron chi connectivity index (χ4n) is 13.2. The fourth-order valence-corrected chi connectivity index (χ4v) is 14.8. The molecule has 0 amide bonds. The Labute approximate surface area is 728 Å². The minimum absolute atomic E-state index is 0.0892. The van der Waals surface area contributed by atoms with Crippen LogP contribution in [0.2, 0.25) is 0 Å². The molecule has 0 rings (SSSR count). The molecular formula is C101H176O16P2. The van der Waals surface area contributed by atoms with E-state index in [4.69, 9.17) is 32.3 Å². The van der Waals surface area contributed by atoms with Gasteiger partial charge in [-0.15, -0.1) is 0 Å². The van der Waals surface area contributed by atoms with Crippen molar-refractivity contribution in [2.75, 3.05) is 39.6 Å². The molecule has 0 spiro atoms. The molecule has 0 fully saturated rings. The molecule has 686 valence electrons. The number of rotatable bonds is 91. The highest BCUT2D eigenvalue weighted by atomic mass is 31.2. The summed E-state index contributed by atoms with van der Waals surface area (Å²) in [5.41, 5.74) is 0. The highest BCUT2D eigenvalue weighted by Gasteiger charge is 2.30. The van der Waals surface area contributed by atoms with Gasteiger partial charge in [-0.25, -0.2) is 9.13 Å². The van der Waals surface area contributed by atoms with Crippen LogP contribution in [-0.4, -0.2) is 95.9 Å². The third-order valence-electron chi connectivity index (χ3n) is 20.5. The van der Waals surface area contributed by atoms with Crippen LogP contribution in [0.15, 0.2) is 146 Å². The van der Waals surface area contributed by atoms with E-state index in [-0.39, 0.29) is 19.3 Å². The first kappa shape index (κ1) is 114. The van der Waals surface area contributed by atoms with Crippen molar-refractivity contribution >= 4 is 33.6 Å². The molecule has 18 heteroatoms. The van der Waals surface area contributed by atoms with Crippen LogP contribution >= 0.6 is 15.6 Å². The first-order valence-electron chi connectivity index (χ1n) is 48.1. The lowest BCUT2D eigenvalue weighted by Crippen LogP contribution is -2.30. The van der Waals surface area contributed by atoms with Crippen LogP contribution in [0.5, 0.6) is 0 Å². The molecule has 0 aliphatic rings. The van der Waals surface area contributed by atoms with Crippen LogP contribution in [0.4, 0.5) is 0 Å². The van der Waals surface area contributed by atoms with Crippen LogP contribution in [0.1, 0.15) is 419 Å². The second-order valence-corrected chi connectivity index (χ2v) is 35.1. The van der Waals surface area contributed by atoms with Crippen molar-refractivity contribution in [2.45, 2.75) is 437 Å². The second-order valence-electron chi connectivity index (χ2n) is 32.2. The van der Waals surface area contributed by atoms with Gasteiger partial charge < -0.3 is 34.2 Å². The summed E-state index contributed by atoms with van der Waals surface area (Å²) in [5, 5.41) is 20.8. The van der Waals surface area contributed by atoms with E-state index >= 15 is 0 Å². The molecule has 0 radical (unpaired) electrons. The van der Waals surface area contributed by atoms with Crippen molar-refractivity contribution < 1.29 is 75.8 Å². The van der Waals surface area contributed by atoms with Gasteiger partial charge in [0.15, 0.2) is 6.10 Å². The normalized spacial score (nSPS) is 14.4.